The maximum atomic E-state index is 8.60. The van der Waals surface area contributed by atoms with Crippen LogP contribution in [-0.4, -0.2) is 18.3 Å². The van der Waals surface area contributed by atoms with Gasteiger partial charge >= 0.3 is 0 Å². The normalized spacial score (nSPS) is 10.2. The van der Waals surface area contributed by atoms with Crippen molar-refractivity contribution in [1.82, 2.24) is 0 Å². The number of halogens is 2. The molecule has 0 fully saturated rings. The Morgan fingerprint density at radius 3 is 2.36 bits per heavy atom. The van der Waals surface area contributed by atoms with Crippen LogP contribution in [-0.2, 0) is 0 Å². The third kappa shape index (κ3) is 3.15. The van der Waals surface area contributed by atoms with Gasteiger partial charge in [0.15, 0.2) is 0 Å². The van der Waals surface area contributed by atoms with E-state index < -0.39 is 0 Å². The van der Waals surface area contributed by atoms with Crippen LogP contribution in [0.4, 0.5) is 5.69 Å². The van der Waals surface area contributed by atoms with E-state index in [-0.39, 0.29) is 6.61 Å². The number of anilines is 1. The van der Waals surface area contributed by atoms with E-state index in [2.05, 4.69) is 31.9 Å². The van der Waals surface area contributed by atoms with Gasteiger partial charge in [0.2, 0.25) is 0 Å². The van der Waals surface area contributed by atoms with Crippen molar-refractivity contribution in [3.63, 3.8) is 0 Å². The summed E-state index contributed by atoms with van der Waals surface area (Å²) in [4.78, 5) is 0. The Bertz CT molecular complexity index is 295. The van der Waals surface area contributed by atoms with Gasteiger partial charge < -0.3 is 15.6 Å². The van der Waals surface area contributed by atoms with Gasteiger partial charge in [-0.1, -0.05) is 0 Å². The molecule has 0 unspecified atom stereocenters. The van der Waals surface area contributed by atoms with Crippen molar-refractivity contribution in [2.24, 2.45) is 0 Å². The Hall–Kier alpha value is -0.260. The fourth-order valence-electron chi connectivity index (χ4n) is 0.956. The quantitative estimate of drug-likeness (QED) is 0.661. The molecule has 1 rings (SSSR count). The van der Waals surface area contributed by atoms with Crippen LogP contribution in [0.25, 0.3) is 0 Å². The first-order valence-corrected chi connectivity index (χ1v) is 5.72. The summed E-state index contributed by atoms with van der Waals surface area (Å²) in [7, 11) is 0. The van der Waals surface area contributed by atoms with Crippen LogP contribution in [0.5, 0.6) is 5.75 Å². The summed E-state index contributed by atoms with van der Waals surface area (Å²) in [6, 6.07) is 3.55. The van der Waals surface area contributed by atoms with E-state index in [9.17, 15) is 0 Å². The lowest BCUT2D eigenvalue weighted by Crippen LogP contribution is -2.01. The van der Waals surface area contributed by atoms with Gasteiger partial charge in [-0.3, -0.25) is 0 Å². The number of nitrogen functional groups attached to an aromatic ring is 1. The van der Waals surface area contributed by atoms with Gasteiger partial charge in [0.25, 0.3) is 0 Å². The van der Waals surface area contributed by atoms with Crippen molar-refractivity contribution in [2.45, 2.75) is 6.42 Å². The number of benzene rings is 1. The van der Waals surface area contributed by atoms with Crippen LogP contribution in [0.3, 0.4) is 0 Å². The summed E-state index contributed by atoms with van der Waals surface area (Å²) in [5.41, 5.74) is 6.29. The van der Waals surface area contributed by atoms with Crippen molar-refractivity contribution in [3.05, 3.63) is 21.1 Å². The summed E-state index contributed by atoms with van der Waals surface area (Å²) in [5.74, 6) is 0.715. The highest BCUT2D eigenvalue weighted by Gasteiger charge is 2.07. The minimum absolute atomic E-state index is 0.129. The zero-order chi connectivity index (χ0) is 10.6. The first-order valence-electron chi connectivity index (χ1n) is 4.13. The molecule has 0 saturated carbocycles. The number of hydrogen-bond acceptors (Lipinski definition) is 3. The number of rotatable bonds is 4. The maximum Gasteiger partial charge on any atom is 0.147 e. The van der Waals surface area contributed by atoms with Crippen LogP contribution in [0, 0.1) is 0 Å². The molecule has 1 aromatic rings. The fourth-order valence-corrected chi connectivity index (χ4v) is 2.41. The molecule has 0 bridgehead atoms. The predicted molar refractivity (Wildman–Crippen MR) is 63.5 cm³/mol. The molecule has 0 saturated heterocycles. The lowest BCUT2D eigenvalue weighted by atomic mass is 10.3. The lowest BCUT2D eigenvalue weighted by molar-refractivity contribution is 0.232. The van der Waals surface area contributed by atoms with Crippen molar-refractivity contribution in [3.8, 4) is 5.75 Å². The largest absolute Gasteiger partial charge is 0.491 e. The molecule has 0 spiro atoms. The molecule has 5 heteroatoms. The van der Waals surface area contributed by atoms with E-state index in [1.165, 1.54) is 0 Å². The maximum absolute atomic E-state index is 8.60. The molecule has 0 atom stereocenters. The van der Waals surface area contributed by atoms with Gasteiger partial charge in [-0.05, 0) is 44.0 Å². The molecule has 0 radical (unpaired) electrons. The molecular formula is C9H11Br2NO2. The SMILES string of the molecule is Nc1cc(Br)c(OCCCO)c(Br)c1. The molecule has 3 N–H and O–H groups in total. The number of nitrogens with two attached hydrogens (primary N) is 1. The minimum Gasteiger partial charge on any atom is -0.491 e. The second kappa shape index (κ2) is 5.58. The minimum atomic E-state index is 0.129. The number of aliphatic hydroxyl groups excluding tert-OH is 1. The molecule has 0 aliphatic carbocycles. The van der Waals surface area contributed by atoms with E-state index in [0.717, 1.165) is 8.95 Å². The van der Waals surface area contributed by atoms with Gasteiger partial charge in [-0.15, -0.1) is 0 Å². The smallest absolute Gasteiger partial charge is 0.147 e. The van der Waals surface area contributed by atoms with Gasteiger partial charge in [-0.25, -0.2) is 0 Å². The number of hydrogen-bond donors (Lipinski definition) is 2. The van der Waals surface area contributed by atoms with Crippen LogP contribution < -0.4 is 10.5 Å². The van der Waals surface area contributed by atoms with E-state index >= 15 is 0 Å². The van der Waals surface area contributed by atoms with Gasteiger partial charge in [0.05, 0.1) is 15.6 Å². The first kappa shape index (κ1) is 11.8. The first-order chi connectivity index (χ1) is 6.65. The monoisotopic (exact) mass is 323 g/mol. The summed E-state index contributed by atoms with van der Waals surface area (Å²) in [5, 5.41) is 8.60. The average molecular weight is 325 g/mol. The van der Waals surface area contributed by atoms with Crippen molar-refractivity contribution < 1.29 is 9.84 Å². The number of ether oxygens (including phenoxy) is 1. The summed E-state index contributed by atoms with van der Waals surface area (Å²) in [6.45, 7) is 0.613. The zero-order valence-electron chi connectivity index (χ0n) is 7.46. The lowest BCUT2D eigenvalue weighted by Gasteiger charge is -2.10. The van der Waals surface area contributed by atoms with E-state index in [1.54, 1.807) is 12.1 Å². The summed E-state index contributed by atoms with van der Waals surface area (Å²) in [6.07, 6.45) is 0.614. The molecule has 0 aliphatic rings. The molecule has 1 aromatic carbocycles. The van der Waals surface area contributed by atoms with Gasteiger partial charge in [0, 0.05) is 18.7 Å². The highest BCUT2D eigenvalue weighted by Crippen LogP contribution is 2.35. The molecule has 0 heterocycles. The Kier molecular flexibility index (Phi) is 4.71. The van der Waals surface area contributed by atoms with E-state index in [4.69, 9.17) is 15.6 Å². The molecular weight excluding hydrogens is 314 g/mol. The third-order valence-electron chi connectivity index (χ3n) is 1.57. The molecule has 0 aliphatic heterocycles. The highest BCUT2D eigenvalue weighted by molar-refractivity contribution is 9.11. The van der Waals surface area contributed by atoms with Gasteiger partial charge in [-0.2, -0.15) is 0 Å². The van der Waals surface area contributed by atoms with Crippen molar-refractivity contribution in [1.29, 1.82) is 0 Å². The van der Waals surface area contributed by atoms with Crippen molar-refractivity contribution >= 4 is 37.5 Å². The molecule has 0 aromatic heterocycles. The fraction of sp³-hybridized carbons (Fsp3) is 0.333. The third-order valence-corrected chi connectivity index (χ3v) is 2.75. The Morgan fingerprint density at radius 1 is 1.29 bits per heavy atom. The van der Waals surface area contributed by atoms with Crippen molar-refractivity contribution in [2.75, 3.05) is 18.9 Å². The molecule has 78 valence electrons. The van der Waals surface area contributed by atoms with Crippen LogP contribution >= 0.6 is 31.9 Å². The molecule has 3 nitrogen and oxygen atoms in total. The average Bonchev–Trinajstić information content (AvgIpc) is 2.09. The standard InChI is InChI=1S/C9H11Br2NO2/c10-7-4-6(12)5-8(11)9(7)14-3-1-2-13/h4-5,13H,1-3,12H2. The Labute approximate surface area is 99.5 Å². The zero-order valence-corrected chi connectivity index (χ0v) is 10.6. The van der Waals surface area contributed by atoms with Crippen LogP contribution in [0.1, 0.15) is 6.42 Å². The molecule has 14 heavy (non-hydrogen) atoms. The van der Waals surface area contributed by atoms with E-state index in [0.29, 0.717) is 24.5 Å². The van der Waals surface area contributed by atoms with E-state index in [1.807, 2.05) is 0 Å². The number of aliphatic hydroxyl groups is 1. The second-order valence-electron chi connectivity index (χ2n) is 2.74. The van der Waals surface area contributed by atoms with Crippen LogP contribution in [0.2, 0.25) is 0 Å². The second-order valence-corrected chi connectivity index (χ2v) is 4.45. The summed E-state index contributed by atoms with van der Waals surface area (Å²) >= 11 is 6.71. The topological polar surface area (TPSA) is 55.5 Å². The summed E-state index contributed by atoms with van der Waals surface area (Å²) < 4.78 is 7.07. The van der Waals surface area contributed by atoms with Gasteiger partial charge in [0.1, 0.15) is 5.75 Å². The highest BCUT2D eigenvalue weighted by atomic mass is 79.9. The Morgan fingerprint density at radius 2 is 1.86 bits per heavy atom. The van der Waals surface area contributed by atoms with Crippen LogP contribution in [0.15, 0.2) is 21.1 Å². The predicted octanol–water partition coefficient (Wildman–Crippen LogP) is 2.56. The molecule has 0 amide bonds. The Balaban J connectivity index is 2.75.